The maximum absolute atomic E-state index is 12.9. The van der Waals surface area contributed by atoms with E-state index >= 15 is 0 Å². The molecule has 5 heteroatoms. The Morgan fingerprint density at radius 1 is 1.17 bits per heavy atom. The smallest absolute Gasteiger partial charge is 0.417 e. The lowest BCUT2D eigenvalue weighted by Gasteiger charge is -2.18. The molecule has 0 bridgehead atoms. The van der Waals surface area contributed by atoms with Crippen LogP contribution >= 0.6 is 0 Å². The van der Waals surface area contributed by atoms with Gasteiger partial charge in [0.05, 0.1) is 6.04 Å². The van der Waals surface area contributed by atoms with E-state index in [1.54, 1.807) is 18.2 Å². The third-order valence-electron chi connectivity index (χ3n) is 3.80. The summed E-state index contributed by atoms with van der Waals surface area (Å²) in [5, 5.41) is 0. The molecule has 2 aromatic rings. The number of hydrogen-bond acceptors (Lipinski definition) is 3. The summed E-state index contributed by atoms with van der Waals surface area (Å²) < 4.78 is 17.9. The minimum absolute atomic E-state index is 0.184. The highest BCUT2D eigenvalue weighted by molar-refractivity contribution is 6.02. The van der Waals surface area contributed by atoms with E-state index in [2.05, 4.69) is 0 Å². The van der Waals surface area contributed by atoms with Gasteiger partial charge in [0.15, 0.2) is 0 Å². The molecule has 24 heavy (non-hydrogen) atoms. The SMILES string of the molecule is O=C(C=Cc1ccc(F)cc1)N1C(=O)OC[C@H]1Cc1ccccc1. The molecule has 0 radical (unpaired) electrons. The van der Waals surface area contributed by atoms with Gasteiger partial charge in [-0.05, 0) is 35.8 Å². The molecule has 2 aromatic carbocycles. The monoisotopic (exact) mass is 325 g/mol. The number of halogens is 1. The van der Waals surface area contributed by atoms with Crippen molar-refractivity contribution < 1.29 is 18.7 Å². The van der Waals surface area contributed by atoms with E-state index in [0.29, 0.717) is 12.0 Å². The first-order valence-corrected chi connectivity index (χ1v) is 7.61. The first kappa shape index (κ1) is 15.9. The van der Waals surface area contributed by atoms with Crippen LogP contribution in [0.2, 0.25) is 0 Å². The third kappa shape index (κ3) is 3.68. The minimum Gasteiger partial charge on any atom is -0.447 e. The van der Waals surface area contributed by atoms with Crippen LogP contribution in [-0.2, 0) is 16.0 Å². The van der Waals surface area contributed by atoms with Gasteiger partial charge in [0.25, 0.3) is 5.91 Å². The van der Waals surface area contributed by atoms with E-state index in [4.69, 9.17) is 4.74 Å². The van der Waals surface area contributed by atoms with Crippen molar-refractivity contribution in [2.75, 3.05) is 6.61 Å². The average molecular weight is 325 g/mol. The highest BCUT2D eigenvalue weighted by Crippen LogP contribution is 2.18. The molecule has 4 nitrogen and oxygen atoms in total. The molecule has 1 atom stereocenters. The van der Waals surface area contributed by atoms with Crippen LogP contribution in [0.25, 0.3) is 6.08 Å². The van der Waals surface area contributed by atoms with Crippen molar-refractivity contribution in [1.82, 2.24) is 4.90 Å². The van der Waals surface area contributed by atoms with Gasteiger partial charge in [-0.3, -0.25) is 4.79 Å². The number of nitrogens with zero attached hydrogens (tertiary/aromatic N) is 1. The zero-order valence-corrected chi connectivity index (χ0v) is 12.9. The lowest BCUT2D eigenvalue weighted by atomic mass is 10.1. The number of benzene rings is 2. The van der Waals surface area contributed by atoms with E-state index in [0.717, 1.165) is 10.5 Å². The van der Waals surface area contributed by atoms with Crippen LogP contribution in [0, 0.1) is 5.82 Å². The molecular weight excluding hydrogens is 309 g/mol. The lowest BCUT2D eigenvalue weighted by Crippen LogP contribution is -2.39. The zero-order valence-electron chi connectivity index (χ0n) is 12.9. The van der Waals surface area contributed by atoms with Gasteiger partial charge in [-0.15, -0.1) is 0 Å². The number of hydrogen-bond donors (Lipinski definition) is 0. The van der Waals surface area contributed by atoms with Crippen molar-refractivity contribution in [3.05, 3.63) is 77.6 Å². The summed E-state index contributed by atoms with van der Waals surface area (Å²) in [5.41, 5.74) is 1.71. The van der Waals surface area contributed by atoms with Gasteiger partial charge in [0, 0.05) is 6.08 Å². The Morgan fingerprint density at radius 2 is 1.88 bits per heavy atom. The van der Waals surface area contributed by atoms with Crippen molar-refractivity contribution in [2.24, 2.45) is 0 Å². The molecule has 0 spiro atoms. The molecule has 2 amide bonds. The second-order valence-corrected chi connectivity index (χ2v) is 5.51. The molecular formula is C19H16FNO3. The summed E-state index contributed by atoms with van der Waals surface area (Å²) >= 11 is 0. The standard InChI is InChI=1S/C19H16FNO3/c20-16-9-6-14(7-10-16)8-11-18(22)21-17(13-24-19(21)23)12-15-4-2-1-3-5-15/h1-11,17H,12-13H2/t17-/m1/s1. The summed E-state index contributed by atoms with van der Waals surface area (Å²) in [6.07, 6.45) is 2.76. The second-order valence-electron chi connectivity index (χ2n) is 5.51. The Balaban J connectivity index is 1.71. The van der Waals surface area contributed by atoms with Gasteiger partial charge in [-0.2, -0.15) is 0 Å². The summed E-state index contributed by atoms with van der Waals surface area (Å²) in [6, 6.07) is 15.0. The van der Waals surface area contributed by atoms with Gasteiger partial charge >= 0.3 is 6.09 Å². The molecule has 0 aromatic heterocycles. The Labute approximate surface area is 139 Å². The maximum atomic E-state index is 12.9. The molecule has 0 N–H and O–H groups in total. The van der Waals surface area contributed by atoms with E-state index < -0.39 is 12.0 Å². The number of cyclic esters (lactones) is 1. The fourth-order valence-electron chi connectivity index (χ4n) is 2.59. The van der Waals surface area contributed by atoms with Gasteiger partial charge in [0.1, 0.15) is 12.4 Å². The Morgan fingerprint density at radius 3 is 2.58 bits per heavy atom. The van der Waals surface area contributed by atoms with E-state index in [1.165, 1.54) is 18.2 Å². The van der Waals surface area contributed by atoms with Crippen LogP contribution in [0.15, 0.2) is 60.7 Å². The van der Waals surface area contributed by atoms with Crippen LogP contribution in [0.3, 0.4) is 0 Å². The molecule has 0 aliphatic carbocycles. The fourth-order valence-corrected chi connectivity index (χ4v) is 2.59. The molecule has 1 aliphatic heterocycles. The average Bonchev–Trinajstić information content (AvgIpc) is 2.95. The zero-order chi connectivity index (χ0) is 16.9. The normalized spacial score (nSPS) is 17.3. The fraction of sp³-hybridized carbons (Fsp3) is 0.158. The van der Waals surface area contributed by atoms with E-state index in [9.17, 15) is 14.0 Å². The van der Waals surface area contributed by atoms with Crippen molar-refractivity contribution in [3.63, 3.8) is 0 Å². The van der Waals surface area contributed by atoms with Crippen molar-refractivity contribution >= 4 is 18.1 Å². The highest BCUT2D eigenvalue weighted by atomic mass is 19.1. The number of ether oxygens (including phenoxy) is 1. The summed E-state index contributed by atoms with van der Waals surface area (Å²) in [4.78, 5) is 25.4. The quantitative estimate of drug-likeness (QED) is 0.809. The predicted molar refractivity (Wildman–Crippen MR) is 87.6 cm³/mol. The van der Waals surface area contributed by atoms with Crippen LogP contribution < -0.4 is 0 Å². The Kier molecular flexibility index (Phi) is 4.70. The molecule has 1 heterocycles. The number of rotatable bonds is 4. The maximum Gasteiger partial charge on any atom is 0.417 e. The van der Waals surface area contributed by atoms with Crippen LogP contribution in [-0.4, -0.2) is 29.5 Å². The van der Waals surface area contributed by atoms with Gasteiger partial charge in [0.2, 0.25) is 0 Å². The Bertz CT molecular complexity index is 756. The van der Waals surface area contributed by atoms with Crippen LogP contribution in [0.1, 0.15) is 11.1 Å². The molecule has 1 saturated heterocycles. The van der Waals surface area contributed by atoms with Crippen molar-refractivity contribution in [1.29, 1.82) is 0 Å². The van der Waals surface area contributed by atoms with Gasteiger partial charge < -0.3 is 4.74 Å². The molecule has 122 valence electrons. The van der Waals surface area contributed by atoms with Crippen molar-refractivity contribution in [2.45, 2.75) is 12.5 Å². The topological polar surface area (TPSA) is 46.6 Å². The van der Waals surface area contributed by atoms with E-state index in [-0.39, 0.29) is 18.5 Å². The van der Waals surface area contributed by atoms with Crippen LogP contribution in [0.5, 0.6) is 0 Å². The molecule has 3 rings (SSSR count). The second kappa shape index (κ2) is 7.08. The highest BCUT2D eigenvalue weighted by Gasteiger charge is 2.36. The van der Waals surface area contributed by atoms with Gasteiger partial charge in [-0.25, -0.2) is 14.1 Å². The Hall–Kier alpha value is -2.95. The number of amides is 2. The third-order valence-corrected chi connectivity index (χ3v) is 3.80. The first-order chi connectivity index (χ1) is 11.6. The molecule has 0 saturated carbocycles. The first-order valence-electron chi connectivity index (χ1n) is 7.61. The molecule has 0 unspecified atom stereocenters. The van der Waals surface area contributed by atoms with Crippen molar-refractivity contribution in [3.8, 4) is 0 Å². The number of carbonyl (C=O) groups excluding carboxylic acids is 2. The molecule has 1 fully saturated rings. The predicted octanol–water partition coefficient (Wildman–Crippen LogP) is 3.43. The number of imide groups is 1. The minimum atomic E-state index is -0.635. The lowest BCUT2D eigenvalue weighted by molar-refractivity contribution is -0.124. The summed E-state index contributed by atoms with van der Waals surface area (Å²) in [7, 11) is 0. The summed E-state index contributed by atoms with van der Waals surface area (Å²) in [5.74, 6) is -0.785. The molecule has 1 aliphatic rings. The number of carbonyl (C=O) groups is 2. The van der Waals surface area contributed by atoms with Gasteiger partial charge in [-0.1, -0.05) is 42.5 Å². The summed E-state index contributed by atoms with van der Waals surface area (Å²) in [6.45, 7) is 0.184. The van der Waals surface area contributed by atoms with E-state index in [1.807, 2.05) is 30.3 Å². The van der Waals surface area contributed by atoms with Crippen LogP contribution in [0.4, 0.5) is 9.18 Å². The largest absolute Gasteiger partial charge is 0.447 e.